The maximum absolute atomic E-state index is 11.5. The number of hydrogen-bond acceptors (Lipinski definition) is 4. The van der Waals surface area contributed by atoms with E-state index in [1.807, 2.05) is 42.5 Å². The van der Waals surface area contributed by atoms with E-state index in [2.05, 4.69) is 10.1 Å². The van der Waals surface area contributed by atoms with Gasteiger partial charge in [-0.05, 0) is 23.3 Å². The highest BCUT2D eigenvalue weighted by Gasteiger charge is 2.09. The van der Waals surface area contributed by atoms with E-state index in [1.54, 1.807) is 37.5 Å². The van der Waals surface area contributed by atoms with E-state index in [0.29, 0.717) is 17.0 Å². The van der Waals surface area contributed by atoms with Crippen molar-refractivity contribution in [3.8, 4) is 11.3 Å². The van der Waals surface area contributed by atoms with Crippen molar-refractivity contribution < 1.29 is 14.4 Å². The van der Waals surface area contributed by atoms with Crippen LogP contribution in [0.3, 0.4) is 0 Å². The fraction of sp³-hybridized carbons (Fsp3) is 0.0500. The summed E-state index contributed by atoms with van der Waals surface area (Å²) in [5.74, 6) is -0.329. The smallest absolute Gasteiger partial charge is 0.336 e. The zero-order valence-corrected chi connectivity index (χ0v) is 13.6. The number of carboxylic acid groups (broad SMARTS) is 1. The average molecular weight is 332 g/mol. The van der Waals surface area contributed by atoms with Gasteiger partial charge in [0.2, 0.25) is 0 Å². The van der Waals surface area contributed by atoms with Crippen molar-refractivity contribution in [2.24, 2.45) is 4.99 Å². The van der Waals surface area contributed by atoms with Crippen LogP contribution < -0.4 is 0 Å². The van der Waals surface area contributed by atoms with E-state index in [9.17, 15) is 9.90 Å². The second-order valence-electron chi connectivity index (χ2n) is 5.35. The number of aliphatic imine (C=N–C) groups is 1. The highest BCUT2D eigenvalue weighted by atomic mass is 16.5. The average Bonchev–Trinajstić information content (AvgIpc) is 3.10. The first kappa shape index (κ1) is 16.4. The second kappa shape index (κ2) is 7.40. The zero-order valence-electron chi connectivity index (χ0n) is 13.6. The van der Waals surface area contributed by atoms with Crippen LogP contribution in [-0.2, 0) is 0 Å². The van der Waals surface area contributed by atoms with Gasteiger partial charge in [-0.15, -0.1) is 0 Å². The number of carboxylic acids is 1. The van der Waals surface area contributed by atoms with Gasteiger partial charge in [0, 0.05) is 24.9 Å². The minimum Gasteiger partial charge on any atom is -0.478 e. The van der Waals surface area contributed by atoms with Crippen molar-refractivity contribution in [1.29, 1.82) is 0 Å². The minimum atomic E-state index is -0.990. The number of aromatic nitrogens is 1. The van der Waals surface area contributed by atoms with Gasteiger partial charge in [-0.25, -0.2) is 4.79 Å². The summed E-state index contributed by atoms with van der Waals surface area (Å²) in [7, 11) is 1.64. The number of aromatic carboxylic acids is 1. The maximum atomic E-state index is 11.5. The molecule has 0 spiro atoms. The SMILES string of the molecule is CN=Cc1ccc(/C=C/c2cc(-c3ccccc3)on2)c(C(=O)O)c1. The van der Waals surface area contributed by atoms with Crippen molar-refractivity contribution in [1.82, 2.24) is 5.16 Å². The molecule has 0 aliphatic carbocycles. The highest BCUT2D eigenvalue weighted by molar-refractivity contribution is 5.96. The number of benzene rings is 2. The monoisotopic (exact) mass is 332 g/mol. The fourth-order valence-electron chi connectivity index (χ4n) is 2.41. The van der Waals surface area contributed by atoms with Gasteiger partial charge in [0.05, 0.1) is 5.56 Å². The molecule has 5 nitrogen and oxygen atoms in total. The molecule has 3 aromatic rings. The normalized spacial score (nSPS) is 11.4. The predicted octanol–water partition coefficient (Wildman–Crippen LogP) is 4.26. The zero-order chi connectivity index (χ0) is 17.6. The lowest BCUT2D eigenvalue weighted by Gasteiger charge is -2.02. The molecule has 124 valence electrons. The van der Waals surface area contributed by atoms with Gasteiger partial charge in [0.15, 0.2) is 5.76 Å². The Morgan fingerprint density at radius 3 is 2.64 bits per heavy atom. The molecule has 0 unspecified atom stereocenters. The molecule has 3 rings (SSSR count). The standard InChI is InChI=1S/C20H16N2O3/c1-21-13-14-7-8-15(18(11-14)20(23)24)9-10-17-12-19(25-22-17)16-5-3-2-4-6-16/h2-13H,1H3,(H,23,24)/b10-9+,21-13?. The Morgan fingerprint density at radius 1 is 1.12 bits per heavy atom. The van der Waals surface area contributed by atoms with Gasteiger partial charge in [-0.1, -0.05) is 53.7 Å². The summed E-state index contributed by atoms with van der Waals surface area (Å²) in [4.78, 5) is 15.4. The van der Waals surface area contributed by atoms with E-state index >= 15 is 0 Å². The van der Waals surface area contributed by atoms with Gasteiger partial charge in [0.1, 0.15) is 5.69 Å². The third kappa shape index (κ3) is 3.90. The van der Waals surface area contributed by atoms with Gasteiger partial charge in [0.25, 0.3) is 0 Å². The lowest BCUT2D eigenvalue weighted by atomic mass is 10.0. The van der Waals surface area contributed by atoms with Crippen molar-refractivity contribution >= 4 is 24.3 Å². The van der Waals surface area contributed by atoms with Crippen LogP contribution in [0.5, 0.6) is 0 Å². The molecule has 5 heteroatoms. The van der Waals surface area contributed by atoms with E-state index in [-0.39, 0.29) is 5.56 Å². The molecule has 0 aliphatic heterocycles. The Labute approximate surface area is 144 Å². The number of hydrogen-bond donors (Lipinski definition) is 1. The second-order valence-corrected chi connectivity index (χ2v) is 5.35. The summed E-state index contributed by atoms with van der Waals surface area (Å²) in [6.07, 6.45) is 5.05. The number of rotatable bonds is 5. The first-order valence-electron chi connectivity index (χ1n) is 7.67. The molecule has 1 heterocycles. The fourth-order valence-corrected chi connectivity index (χ4v) is 2.41. The van der Waals surface area contributed by atoms with Gasteiger partial charge < -0.3 is 9.63 Å². The lowest BCUT2D eigenvalue weighted by Crippen LogP contribution is -2.00. The molecule has 0 saturated heterocycles. The summed E-state index contributed by atoms with van der Waals surface area (Å²) in [6.45, 7) is 0. The molecule has 0 atom stereocenters. The van der Waals surface area contributed by atoms with Gasteiger partial charge in [-0.3, -0.25) is 4.99 Å². The molecule has 0 aliphatic rings. The van der Waals surface area contributed by atoms with Crippen molar-refractivity contribution in [3.63, 3.8) is 0 Å². The molecule has 0 fully saturated rings. The molecule has 1 N–H and O–H groups in total. The van der Waals surface area contributed by atoms with Crippen molar-refractivity contribution in [2.45, 2.75) is 0 Å². The Morgan fingerprint density at radius 2 is 1.92 bits per heavy atom. The van der Waals surface area contributed by atoms with Gasteiger partial charge >= 0.3 is 5.97 Å². The lowest BCUT2D eigenvalue weighted by molar-refractivity contribution is 0.0696. The third-order valence-corrected chi connectivity index (χ3v) is 3.61. The van der Waals surface area contributed by atoms with Crippen LogP contribution in [0.15, 0.2) is 64.1 Å². The molecule has 0 amide bonds. The first-order chi connectivity index (χ1) is 12.2. The molecule has 2 aromatic carbocycles. The Balaban J connectivity index is 1.87. The summed E-state index contributed by atoms with van der Waals surface area (Å²) < 4.78 is 5.33. The van der Waals surface area contributed by atoms with Crippen molar-refractivity contribution in [2.75, 3.05) is 7.05 Å². The summed E-state index contributed by atoms with van der Waals surface area (Å²) in [5.41, 5.74) is 3.09. The molecular formula is C20H16N2O3. The van der Waals surface area contributed by atoms with Crippen LogP contribution in [0.2, 0.25) is 0 Å². The molecule has 0 saturated carbocycles. The predicted molar refractivity (Wildman–Crippen MR) is 97.8 cm³/mol. The molecule has 1 aromatic heterocycles. The van der Waals surface area contributed by atoms with E-state index in [4.69, 9.17) is 4.52 Å². The van der Waals surface area contributed by atoms with Gasteiger partial charge in [-0.2, -0.15) is 0 Å². The van der Waals surface area contributed by atoms with E-state index in [0.717, 1.165) is 11.1 Å². The molecule has 25 heavy (non-hydrogen) atoms. The maximum Gasteiger partial charge on any atom is 0.336 e. The molecular weight excluding hydrogens is 316 g/mol. The van der Waals surface area contributed by atoms with Crippen LogP contribution in [0.1, 0.15) is 27.2 Å². The topological polar surface area (TPSA) is 75.7 Å². The van der Waals surface area contributed by atoms with E-state index < -0.39 is 5.97 Å². The highest BCUT2D eigenvalue weighted by Crippen LogP contribution is 2.21. The summed E-state index contributed by atoms with van der Waals surface area (Å²) >= 11 is 0. The quantitative estimate of drug-likeness (QED) is 0.708. The Bertz CT molecular complexity index is 941. The van der Waals surface area contributed by atoms with Crippen LogP contribution in [-0.4, -0.2) is 29.5 Å². The van der Waals surface area contributed by atoms with E-state index in [1.165, 1.54) is 0 Å². The third-order valence-electron chi connectivity index (χ3n) is 3.61. The Kier molecular flexibility index (Phi) is 4.85. The van der Waals surface area contributed by atoms with Crippen LogP contribution >= 0.6 is 0 Å². The number of carbonyl (C=O) groups is 1. The molecule has 0 radical (unpaired) electrons. The van der Waals surface area contributed by atoms with Crippen LogP contribution in [0, 0.1) is 0 Å². The number of nitrogens with zero attached hydrogens (tertiary/aromatic N) is 2. The van der Waals surface area contributed by atoms with Crippen molar-refractivity contribution in [3.05, 3.63) is 77.0 Å². The summed E-state index contributed by atoms with van der Waals surface area (Å²) in [5, 5.41) is 13.4. The summed E-state index contributed by atoms with van der Waals surface area (Å²) in [6, 6.07) is 16.6. The van der Waals surface area contributed by atoms with Crippen LogP contribution in [0.4, 0.5) is 0 Å². The minimum absolute atomic E-state index is 0.209. The van der Waals surface area contributed by atoms with Crippen LogP contribution in [0.25, 0.3) is 23.5 Å². The Hall–Kier alpha value is -3.47. The molecule has 0 bridgehead atoms. The first-order valence-corrected chi connectivity index (χ1v) is 7.67. The largest absolute Gasteiger partial charge is 0.478 e.